The summed E-state index contributed by atoms with van der Waals surface area (Å²) in [6.45, 7) is 5.47. The lowest BCUT2D eigenvalue weighted by Crippen LogP contribution is -2.46. The molecule has 2 rings (SSSR count). The van der Waals surface area contributed by atoms with Gasteiger partial charge in [0.1, 0.15) is 0 Å². The minimum absolute atomic E-state index is 0.108. The third-order valence-corrected chi connectivity index (χ3v) is 3.38. The molecule has 1 saturated heterocycles. The van der Waals surface area contributed by atoms with E-state index in [1.54, 1.807) is 0 Å². The molecule has 1 aromatic carbocycles. The number of carbonyl (C=O) groups is 1. The lowest BCUT2D eigenvalue weighted by atomic mass is 9.99. The average Bonchev–Trinajstić information content (AvgIpc) is 2.83. The van der Waals surface area contributed by atoms with Gasteiger partial charge >= 0.3 is 0 Å². The Hall–Kier alpha value is -1.83. The zero-order valence-corrected chi connectivity index (χ0v) is 12.0. The van der Waals surface area contributed by atoms with E-state index in [4.69, 9.17) is 10.5 Å². The van der Waals surface area contributed by atoms with E-state index < -0.39 is 0 Å². The van der Waals surface area contributed by atoms with E-state index in [0.717, 1.165) is 12.0 Å². The predicted octanol–water partition coefficient (Wildman–Crippen LogP) is 1.21. The SMILES string of the molecule is Cc1ccc(C#CCN)c(C(=O)NC2(C)CCOC2)c1. The van der Waals surface area contributed by atoms with E-state index >= 15 is 0 Å². The summed E-state index contributed by atoms with van der Waals surface area (Å²) < 4.78 is 5.36. The van der Waals surface area contributed by atoms with Crippen molar-refractivity contribution in [3.05, 3.63) is 34.9 Å². The minimum atomic E-state index is -0.292. The lowest BCUT2D eigenvalue weighted by Gasteiger charge is -2.24. The molecule has 0 aromatic heterocycles. The first-order valence-corrected chi connectivity index (χ1v) is 6.74. The van der Waals surface area contributed by atoms with Crippen LogP contribution in [0, 0.1) is 18.8 Å². The molecule has 1 atom stereocenters. The molecule has 0 radical (unpaired) electrons. The number of rotatable bonds is 2. The second-order valence-electron chi connectivity index (χ2n) is 5.37. The maximum atomic E-state index is 12.5. The second-order valence-corrected chi connectivity index (χ2v) is 5.37. The number of hydrogen-bond donors (Lipinski definition) is 2. The van der Waals surface area contributed by atoms with Crippen LogP contribution in [0.1, 0.15) is 34.8 Å². The van der Waals surface area contributed by atoms with Crippen LogP contribution in [0.2, 0.25) is 0 Å². The fourth-order valence-corrected chi connectivity index (χ4v) is 2.21. The zero-order valence-electron chi connectivity index (χ0n) is 12.0. The van der Waals surface area contributed by atoms with Crippen molar-refractivity contribution >= 4 is 5.91 Å². The van der Waals surface area contributed by atoms with E-state index in [1.807, 2.05) is 32.0 Å². The second kappa shape index (κ2) is 6.08. The van der Waals surface area contributed by atoms with Crippen LogP contribution in [0.3, 0.4) is 0 Å². The van der Waals surface area contributed by atoms with Crippen molar-refractivity contribution in [3.8, 4) is 11.8 Å². The van der Waals surface area contributed by atoms with Crippen LogP contribution in [-0.2, 0) is 4.74 Å². The number of aryl methyl sites for hydroxylation is 1. The van der Waals surface area contributed by atoms with E-state index in [-0.39, 0.29) is 18.0 Å². The van der Waals surface area contributed by atoms with Crippen molar-refractivity contribution in [2.24, 2.45) is 5.73 Å². The number of amides is 1. The van der Waals surface area contributed by atoms with Crippen LogP contribution in [0.5, 0.6) is 0 Å². The fourth-order valence-electron chi connectivity index (χ4n) is 2.21. The molecule has 0 saturated carbocycles. The van der Waals surface area contributed by atoms with Gasteiger partial charge in [0, 0.05) is 12.2 Å². The van der Waals surface area contributed by atoms with Crippen molar-refractivity contribution in [3.63, 3.8) is 0 Å². The molecule has 1 fully saturated rings. The van der Waals surface area contributed by atoms with Crippen molar-refractivity contribution in [1.82, 2.24) is 5.32 Å². The topological polar surface area (TPSA) is 64.4 Å². The molecule has 1 aliphatic rings. The number of nitrogens with two attached hydrogens (primary N) is 1. The van der Waals surface area contributed by atoms with Crippen LogP contribution in [0.25, 0.3) is 0 Å². The highest BCUT2D eigenvalue weighted by Crippen LogP contribution is 2.19. The van der Waals surface area contributed by atoms with Gasteiger partial charge in [0.15, 0.2) is 0 Å². The molecule has 4 heteroatoms. The summed E-state index contributed by atoms with van der Waals surface area (Å²) in [7, 11) is 0. The standard InChI is InChI=1S/C16H20N2O2/c1-12-5-6-13(4-3-8-17)14(10-12)15(19)18-16(2)7-9-20-11-16/h5-6,10H,7-9,11,17H2,1-2H3,(H,18,19). The molecule has 106 valence electrons. The van der Waals surface area contributed by atoms with Crippen molar-refractivity contribution in [2.75, 3.05) is 19.8 Å². The Labute approximate surface area is 119 Å². The van der Waals surface area contributed by atoms with Crippen LogP contribution >= 0.6 is 0 Å². The van der Waals surface area contributed by atoms with Gasteiger partial charge in [0.05, 0.1) is 24.3 Å². The van der Waals surface area contributed by atoms with E-state index in [0.29, 0.717) is 24.3 Å². The van der Waals surface area contributed by atoms with Crippen molar-refractivity contribution in [2.45, 2.75) is 25.8 Å². The zero-order chi connectivity index (χ0) is 14.6. The molecule has 1 amide bonds. The Morgan fingerprint density at radius 1 is 1.55 bits per heavy atom. The maximum Gasteiger partial charge on any atom is 0.253 e. The first kappa shape index (κ1) is 14.6. The summed E-state index contributed by atoms with van der Waals surface area (Å²) in [5.41, 5.74) is 7.44. The molecule has 0 spiro atoms. The molecule has 20 heavy (non-hydrogen) atoms. The van der Waals surface area contributed by atoms with Crippen LogP contribution in [0.4, 0.5) is 0 Å². The number of hydrogen-bond acceptors (Lipinski definition) is 3. The lowest BCUT2D eigenvalue weighted by molar-refractivity contribution is 0.0889. The third kappa shape index (κ3) is 3.38. The first-order chi connectivity index (χ1) is 9.54. The Morgan fingerprint density at radius 3 is 3.00 bits per heavy atom. The Bertz CT molecular complexity index is 564. The van der Waals surface area contributed by atoms with Crippen LogP contribution < -0.4 is 11.1 Å². The van der Waals surface area contributed by atoms with Gasteiger partial charge in [-0.25, -0.2) is 0 Å². The smallest absolute Gasteiger partial charge is 0.253 e. The summed E-state index contributed by atoms with van der Waals surface area (Å²) in [5.74, 6) is 5.64. The Kier molecular flexibility index (Phi) is 4.43. The quantitative estimate of drug-likeness (QED) is 0.796. The highest BCUT2D eigenvalue weighted by molar-refractivity contribution is 5.97. The predicted molar refractivity (Wildman–Crippen MR) is 78.4 cm³/mol. The monoisotopic (exact) mass is 272 g/mol. The molecular weight excluding hydrogens is 252 g/mol. The highest BCUT2D eigenvalue weighted by Gasteiger charge is 2.31. The van der Waals surface area contributed by atoms with E-state index in [9.17, 15) is 4.79 Å². The van der Waals surface area contributed by atoms with Gasteiger partial charge in [-0.05, 0) is 32.4 Å². The fraction of sp³-hybridized carbons (Fsp3) is 0.438. The molecule has 4 nitrogen and oxygen atoms in total. The normalized spacial score (nSPS) is 21.1. The molecule has 0 aliphatic carbocycles. The maximum absolute atomic E-state index is 12.5. The molecular formula is C16H20N2O2. The van der Waals surface area contributed by atoms with Crippen molar-refractivity contribution in [1.29, 1.82) is 0 Å². The van der Waals surface area contributed by atoms with Gasteiger partial charge in [-0.1, -0.05) is 23.5 Å². The Morgan fingerprint density at radius 2 is 2.35 bits per heavy atom. The van der Waals surface area contributed by atoms with Crippen LogP contribution in [0.15, 0.2) is 18.2 Å². The number of ether oxygens (including phenoxy) is 1. The summed E-state index contributed by atoms with van der Waals surface area (Å²) in [6.07, 6.45) is 0.828. The average molecular weight is 272 g/mol. The van der Waals surface area contributed by atoms with Gasteiger partial charge in [0.2, 0.25) is 0 Å². The van der Waals surface area contributed by atoms with Crippen molar-refractivity contribution < 1.29 is 9.53 Å². The van der Waals surface area contributed by atoms with Gasteiger partial charge in [0.25, 0.3) is 5.91 Å². The molecule has 3 N–H and O–H groups in total. The number of carbonyl (C=O) groups excluding carboxylic acids is 1. The highest BCUT2D eigenvalue weighted by atomic mass is 16.5. The number of nitrogens with one attached hydrogen (secondary N) is 1. The summed E-state index contributed by atoms with van der Waals surface area (Å²) in [4.78, 5) is 12.5. The molecule has 0 bridgehead atoms. The molecule has 1 unspecified atom stereocenters. The van der Waals surface area contributed by atoms with Gasteiger partial charge in [-0.15, -0.1) is 0 Å². The van der Waals surface area contributed by atoms with Gasteiger partial charge in [-0.3, -0.25) is 4.79 Å². The summed E-state index contributed by atoms with van der Waals surface area (Å²) >= 11 is 0. The summed E-state index contributed by atoms with van der Waals surface area (Å²) in [5, 5.41) is 3.05. The van der Waals surface area contributed by atoms with E-state index in [2.05, 4.69) is 17.2 Å². The minimum Gasteiger partial charge on any atom is -0.379 e. The summed E-state index contributed by atoms with van der Waals surface area (Å²) in [6, 6.07) is 5.66. The molecule has 1 aromatic rings. The largest absolute Gasteiger partial charge is 0.379 e. The molecule has 1 aliphatic heterocycles. The van der Waals surface area contributed by atoms with Gasteiger partial charge < -0.3 is 15.8 Å². The van der Waals surface area contributed by atoms with Crippen LogP contribution in [-0.4, -0.2) is 31.2 Å². The third-order valence-electron chi connectivity index (χ3n) is 3.38. The van der Waals surface area contributed by atoms with E-state index in [1.165, 1.54) is 0 Å². The Balaban J connectivity index is 2.26. The van der Waals surface area contributed by atoms with Gasteiger partial charge in [-0.2, -0.15) is 0 Å². The molecule has 1 heterocycles. The first-order valence-electron chi connectivity index (χ1n) is 6.74. The number of benzene rings is 1.